The number of benzene rings is 1. The molecule has 2 nitrogen and oxygen atoms in total. The minimum absolute atomic E-state index is 0.179. The molecule has 0 amide bonds. The van der Waals surface area contributed by atoms with Gasteiger partial charge in [-0.15, -0.1) is 0 Å². The highest BCUT2D eigenvalue weighted by Crippen LogP contribution is 2.42. The fourth-order valence-electron chi connectivity index (χ4n) is 3.23. The Balaban J connectivity index is 1.83. The molecule has 3 atom stereocenters. The third-order valence-corrected chi connectivity index (χ3v) is 4.18. The van der Waals surface area contributed by atoms with Crippen LogP contribution in [0.4, 0.5) is 4.39 Å². The number of hydrogen-bond donors (Lipinski definition) is 1. The molecule has 0 radical (unpaired) electrons. The molecule has 2 bridgehead atoms. The van der Waals surface area contributed by atoms with Gasteiger partial charge < -0.3 is 10.5 Å². The molecule has 3 heteroatoms. The summed E-state index contributed by atoms with van der Waals surface area (Å²) in [6.45, 7) is 1.94. The van der Waals surface area contributed by atoms with Crippen molar-refractivity contribution in [1.29, 1.82) is 0 Å². The van der Waals surface area contributed by atoms with E-state index in [0.717, 1.165) is 36.8 Å². The molecule has 2 aliphatic rings. The molecule has 2 fully saturated rings. The van der Waals surface area contributed by atoms with Gasteiger partial charge in [0.25, 0.3) is 0 Å². The van der Waals surface area contributed by atoms with Gasteiger partial charge in [0.1, 0.15) is 5.82 Å². The highest BCUT2D eigenvalue weighted by Gasteiger charge is 2.49. The van der Waals surface area contributed by atoms with E-state index in [1.807, 2.05) is 13.0 Å². The number of rotatable bonds is 2. The maximum absolute atomic E-state index is 13.1. The standard InChI is InChI=1S/C14H18FNO/c1-9-6-11(15)3-2-10(9)7-14(16)8-12-4-5-13(14)17-12/h2-3,6,12-13H,4-5,7-8,16H2,1H3. The molecule has 2 aliphatic heterocycles. The Kier molecular flexibility index (Phi) is 2.49. The fourth-order valence-corrected chi connectivity index (χ4v) is 3.23. The molecule has 0 aromatic heterocycles. The number of aryl methyl sites for hydroxylation is 1. The van der Waals surface area contributed by atoms with E-state index >= 15 is 0 Å². The summed E-state index contributed by atoms with van der Waals surface area (Å²) in [5, 5.41) is 0. The minimum atomic E-state index is -0.245. The Morgan fingerprint density at radius 2 is 2.29 bits per heavy atom. The van der Waals surface area contributed by atoms with Crippen molar-refractivity contribution >= 4 is 0 Å². The van der Waals surface area contributed by atoms with Crippen molar-refractivity contribution in [2.24, 2.45) is 5.73 Å². The zero-order valence-electron chi connectivity index (χ0n) is 10.1. The normalized spacial score (nSPS) is 35.5. The summed E-state index contributed by atoms with van der Waals surface area (Å²) in [6.07, 6.45) is 4.49. The van der Waals surface area contributed by atoms with Gasteiger partial charge >= 0.3 is 0 Å². The van der Waals surface area contributed by atoms with Crippen molar-refractivity contribution in [2.45, 2.75) is 50.4 Å². The molecule has 2 saturated heterocycles. The lowest BCUT2D eigenvalue weighted by molar-refractivity contribution is 0.0856. The van der Waals surface area contributed by atoms with Crippen molar-refractivity contribution < 1.29 is 9.13 Å². The number of hydrogen-bond acceptors (Lipinski definition) is 2. The second kappa shape index (κ2) is 3.79. The predicted molar refractivity (Wildman–Crippen MR) is 64.3 cm³/mol. The van der Waals surface area contributed by atoms with E-state index in [2.05, 4.69) is 0 Å². The molecular weight excluding hydrogens is 217 g/mol. The Morgan fingerprint density at radius 3 is 2.88 bits per heavy atom. The van der Waals surface area contributed by atoms with E-state index in [4.69, 9.17) is 10.5 Å². The highest BCUT2D eigenvalue weighted by atomic mass is 19.1. The first-order valence-corrected chi connectivity index (χ1v) is 6.26. The van der Waals surface area contributed by atoms with Gasteiger partial charge in [0, 0.05) is 5.54 Å². The van der Waals surface area contributed by atoms with Crippen LogP contribution in [0, 0.1) is 12.7 Å². The third-order valence-electron chi connectivity index (χ3n) is 4.18. The fraction of sp³-hybridized carbons (Fsp3) is 0.571. The monoisotopic (exact) mass is 235 g/mol. The van der Waals surface area contributed by atoms with Crippen LogP contribution in [0.15, 0.2) is 18.2 Å². The highest BCUT2D eigenvalue weighted by molar-refractivity contribution is 5.29. The SMILES string of the molecule is Cc1cc(F)ccc1CC1(N)CC2CCC1O2. The first kappa shape index (κ1) is 11.2. The molecule has 3 unspecified atom stereocenters. The van der Waals surface area contributed by atoms with Crippen LogP contribution in [0.1, 0.15) is 30.4 Å². The average Bonchev–Trinajstić information content (AvgIpc) is 2.82. The largest absolute Gasteiger partial charge is 0.373 e. The molecule has 2 heterocycles. The van der Waals surface area contributed by atoms with Gasteiger partial charge in [-0.25, -0.2) is 4.39 Å². The molecule has 1 aromatic rings. The lowest BCUT2D eigenvalue weighted by Gasteiger charge is -2.31. The summed E-state index contributed by atoms with van der Waals surface area (Å²) in [7, 11) is 0. The molecular formula is C14H18FNO. The van der Waals surface area contributed by atoms with Crippen LogP contribution in [0.2, 0.25) is 0 Å². The summed E-state index contributed by atoms with van der Waals surface area (Å²) in [5.41, 5.74) is 8.35. The van der Waals surface area contributed by atoms with Crippen LogP contribution in [0.25, 0.3) is 0 Å². The first-order valence-electron chi connectivity index (χ1n) is 6.26. The predicted octanol–water partition coefficient (Wildman–Crippen LogP) is 2.33. The van der Waals surface area contributed by atoms with Gasteiger partial charge in [-0.05, 0) is 55.9 Å². The van der Waals surface area contributed by atoms with Gasteiger partial charge in [-0.1, -0.05) is 6.07 Å². The first-order chi connectivity index (χ1) is 8.07. The second-order valence-electron chi connectivity index (χ2n) is 5.51. The summed E-state index contributed by atoms with van der Waals surface area (Å²) >= 11 is 0. The van der Waals surface area contributed by atoms with Crippen LogP contribution >= 0.6 is 0 Å². The van der Waals surface area contributed by atoms with Crippen molar-refractivity contribution in [3.63, 3.8) is 0 Å². The average molecular weight is 235 g/mol. The van der Waals surface area contributed by atoms with Gasteiger partial charge in [-0.2, -0.15) is 0 Å². The lowest BCUT2D eigenvalue weighted by Crippen LogP contribution is -2.50. The van der Waals surface area contributed by atoms with E-state index in [1.165, 1.54) is 6.07 Å². The molecule has 2 N–H and O–H groups in total. The lowest BCUT2D eigenvalue weighted by atomic mass is 9.77. The molecule has 92 valence electrons. The minimum Gasteiger partial charge on any atom is -0.373 e. The van der Waals surface area contributed by atoms with Gasteiger partial charge in [-0.3, -0.25) is 0 Å². The van der Waals surface area contributed by atoms with E-state index in [-0.39, 0.29) is 17.5 Å². The topological polar surface area (TPSA) is 35.2 Å². The van der Waals surface area contributed by atoms with E-state index < -0.39 is 0 Å². The van der Waals surface area contributed by atoms with Crippen LogP contribution < -0.4 is 5.73 Å². The number of ether oxygens (including phenoxy) is 1. The summed E-state index contributed by atoms with van der Waals surface area (Å²) < 4.78 is 18.9. The molecule has 0 spiro atoms. The molecule has 3 rings (SSSR count). The third kappa shape index (κ3) is 1.87. The van der Waals surface area contributed by atoms with Crippen molar-refractivity contribution in [3.05, 3.63) is 35.1 Å². The molecule has 0 aliphatic carbocycles. The number of halogens is 1. The smallest absolute Gasteiger partial charge is 0.123 e. The quantitative estimate of drug-likeness (QED) is 0.853. The number of nitrogens with two attached hydrogens (primary N) is 1. The summed E-state index contributed by atoms with van der Waals surface area (Å²) in [6, 6.07) is 4.94. The van der Waals surface area contributed by atoms with Gasteiger partial charge in [0.2, 0.25) is 0 Å². The zero-order valence-corrected chi connectivity index (χ0v) is 10.1. The van der Waals surface area contributed by atoms with Crippen molar-refractivity contribution in [1.82, 2.24) is 0 Å². The van der Waals surface area contributed by atoms with Crippen LogP contribution in [-0.2, 0) is 11.2 Å². The Morgan fingerprint density at radius 1 is 1.47 bits per heavy atom. The Hall–Kier alpha value is -0.930. The van der Waals surface area contributed by atoms with E-state index in [1.54, 1.807) is 6.07 Å². The maximum atomic E-state index is 13.1. The van der Waals surface area contributed by atoms with Crippen molar-refractivity contribution in [3.8, 4) is 0 Å². The molecule has 0 saturated carbocycles. The molecule has 1 aromatic carbocycles. The Bertz CT molecular complexity index is 448. The van der Waals surface area contributed by atoms with Gasteiger partial charge in [0.05, 0.1) is 12.2 Å². The van der Waals surface area contributed by atoms with Crippen LogP contribution in [0.3, 0.4) is 0 Å². The summed E-state index contributed by atoms with van der Waals surface area (Å²) in [4.78, 5) is 0. The van der Waals surface area contributed by atoms with Crippen LogP contribution in [0.5, 0.6) is 0 Å². The van der Waals surface area contributed by atoms with E-state index in [9.17, 15) is 4.39 Å². The number of fused-ring (bicyclic) bond motifs is 2. The van der Waals surface area contributed by atoms with Crippen LogP contribution in [-0.4, -0.2) is 17.7 Å². The maximum Gasteiger partial charge on any atom is 0.123 e. The Labute approximate surface area is 101 Å². The van der Waals surface area contributed by atoms with E-state index in [0.29, 0.717) is 6.10 Å². The molecule has 17 heavy (non-hydrogen) atoms. The zero-order chi connectivity index (χ0) is 12.0. The summed E-state index contributed by atoms with van der Waals surface area (Å²) in [5.74, 6) is -0.179. The van der Waals surface area contributed by atoms with Gasteiger partial charge in [0.15, 0.2) is 0 Å². The second-order valence-corrected chi connectivity index (χ2v) is 5.51. The van der Waals surface area contributed by atoms with Crippen molar-refractivity contribution in [2.75, 3.05) is 0 Å².